The van der Waals surface area contributed by atoms with Crippen LogP contribution in [0, 0.1) is 0 Å². The van der Waals surface area contributed by atoms with E-state index in [-0.39, 0.29) is 19.4 Å². The van der Waals surface area contributed by atoms with Gasteiger partial charge in [-0.15, -0.1) is 0 Å². The average Bonchev–Trinajstić information content (AvgIpc) is 3.37. The number of ether oxygens (including phenoxy) is 3. The number of amides is 1. The summed E-state index contributed by atoms with van der Waals surface area (Å²) in [6, 6.07) is -1.03. The lowest BCUT2D eigenvalue weighted by Crippen LogP contribution is -2.61. The molecule has 8 atom stereocenters. The number of hydrogen-bond donors (Lipinski definition) is 6. The molecule has 0 spiro atoms. The minimum absolute atomic E-state index is 0.0941. The number of nitrogens with one attached hydrogen (secondary N) is 1. The summed E-state index contributed by atoms with van der Waals surface area (Å²) in [6.45, 7) is 5.61. The van der Waals surface area contributed by atoms with Crippen molar-refractivity contribution in [3.63, 3.8) is 0 Å². The first-order valence-corrected chi connectivity index (χ1v) is 28.7. The molecule has 0 bridgehead atoms. The molecule has 410 valence electrons. The van der Waals surface area contributed by atoms with Crippen LogP contribution in [0.25, 0.3) is 0 Å². The molecule has 0 aromatic carbocycles. The van der Waals surface area contributed by atoms with Crippen LogP contribution < -0.4 is 5.32 Å². The summed E-state index contributed by atoms with van der Waals surface area (Å²) in [6.07, 6.45) is 49.4. The van der Waals surface area contributed by atoms with Gasteiger partial charge in [-0.25, -0.2) is 0 Å². The Bertz CT molecular complexity index is 1430. The summed E-state index contributed by atoms with van der Waals surface area (Å²) < 4.78 is 17.5. The number of aliphatic hydroxyl groups is 5. The van der Waals surface area contributed by atoms with E-state index in [9.17, 15) is 35.1 Å². The van der Waals surface area contributed by atoms with Crippen LogP contribution in [0.4, 0.5) is 0 Å². The van der Waals surface area contributed by atoms with Crippen LogP contribution in [0.15, 0.2) is 72.9 Å². The van der Waals surface area contributed by atoms with Crippen molar-refractivity contribution in [3.8, 4) is 0 Å². The Kier molecular flexibility index (Phi) is 44.8. The molecule has 71 heavy (non-hydrogen) atoms. The summed E-state index contributed by atoms with van der Waals surface area (Å²) in [4.78, 5) is 26.4. The Balaban J connectivity index is 2.76. The first-order chi connectivity index (χ1) is 34.7. The van der Waals surface area contributed by atoms with Gasteiger partial charge in [0.05, 0.1) is 25.4 Å². The highest BCUT2D eigenvalue weighted by Gasteiger charge is 2.47. The van der Waals surface area contributed by atoms with Crippen LogP contribution in [-0.4, -0.2) is 99.6 Å². The van der Waals surface area contributed by atoms with E-state index in [4.69, 9.17) is 14.2 Å². The lowest BCUT2D eigenvalue weighted by atomic mass is 9.99. The van der Waals surface area contributed by atoms with Gasteiger partial charge in [0.25, 0.3) is 0 Å². The second kappa shape index (κ2) is 48.1. The van der Waals surface area contributed by atoms with Crippen molar-refractivity contribution in [2.75, 3.05) is 13.2 Å². The van der Waals surface area contributed by atoms with Crippen LogP contribution >= 0.6 is 0 Å². The molecule has 6 N–H and O–H groups in total. The Labute approximate surface area is 432 Å². The third kappa shape index (κ3) is 36.6. The summed E-state index contributed by atoms with van der Waals surface area (Å²) in [5, 5.41) is 56.8. The second-order valence-corrected chi connectivity index (χ2v) is 19.6. The van der Waals surface area contributed by atoms with Gasteiger partial charge in [0.15, 0.2) is 12.4 Å². The molecule has 1 fully saturated rings. The Morgan fingerprint density at radius 1 is 0.563 bits per heavy atom. The van der Waals surface area contributed by atoms with E-state index in [1.165, 1.54) is 77.0 Å². The largest absolute Gasteiger partial charge is 0.454 e. The first-order valence-electron chi connectivity index (χ1n) is 28.7. The Morgan fingerprint density at radius 2 is 1.01 bits per heavy atom. The van der Waals surface area contributed by atoms with Gasteiger partial charge in [-0.1, -0.05) is 209 Å². The second-order valence-electron chi connectivity index (χ2n) is 19.6. The normalized spacial score (nSPS) is 20.1. The van der Waals surface area contributed by atoms with Gasteiger partial charge in [-0.3, -0.25) is 9.59 Å². The topological polar surface area (TPSA) is 175 Å². The smallest absolute Gasteiger partial charge is 0.306 e. The van der Waals surface area contributed by atoms with E-state index in [0.717, 1.165) is 109 Å². The van der Waals surface area contributed by atoms with Crippen LogP contribution in [-0.2, 0) is 23.8 Å². The number of rotatable bonds is 47. The highest BCUT2D eigenvalue weighted by molar-refractivity contribution is 5.80. The van der Waals surface area contributed by atoms with E-state index < -0.39 is 67.4 Å². The fourth-order valence-electron chi connectivity index (χ4n) is 8.52. The van der Waals surface area contributed by atoms with Crippen molar-refractivity contribution in [1.29, 1.82) is 0 Å². The standard InChI is InChI=1S/C60H105NO10/c1-4-7-10-13-16-19-22-25-27-28-29-32-35-38-41-44-47-53(64)59(68)61-51(52(63)46-43-40-37-34-31-24-21-18-15-12-9-6-3)50-69-60-58(57(67)56(66)54(49-62)70-60)71-55(65)48-45-42-39-36-33-30-26-23-20-17-14-11-8-5-2/h8,11,16-17,19-20,25-27,30,43,46,51-54,56-58,60,62-64,66-67H,4-7,9-10,12-15,18,21-24,28-29,31-42,44-45,47-50H2,1-3H3,(H,61,68)/b11-8+,19-16-,20-17+,27-25-,30-26+,46-43+. The van der Waals surface area contributed by atoms with Gasteiger partial charge in [0.2, 0.25) is 5.91 Å². The van der Waals surface area contributed by atoms with Gasteiger partial charge in [0, 0.05) is 6.42 Å². The number of carbonyl (C=O) groups is 2. The average molecular weight is 1000 g/mol. The molecule has 1 saturated heterocycles. The minimum atomic E-state index is -1.63. The van der Waals surface area contributed by atoms with Crippen molar-refractivity contribution in [3.05, 3.63) is 72.9 Å². The van der Waals surface area contributed by atoms with Crippen molar-refractivity contribution in [2.24, 2.45) is 0 Å². The number of esters is 1. The molecule has 1 aliphatic rings. The van der Waals surface area contributed by atoms with Gasteiger partial charge >= 0.3 is 5.97 Å². The molecule has 1 rings (SSSR count). The van der Waals surface area contributed by atoms with Gasteiger partial charge in [-0.2, -0.15) is 0 Å². The van der Waals surface area contributed by atoms with E-state index in [1.807, 2.05) is 6.08 Å². The fourth-order valence-corrected chi connectivity index (χ4v) is 8.52. The molecule has 1 aliphatic heterocycles. The van der Waals surface area contributed by atoms with E-state index in [2.05, 4.69) is 86.8 Å². The van der Waals surface area contributed by atoms with Gasteiger partial charge in [-0.05, 0) is 89.9 Å². The number of allylic oxidation sites excluding steroid dienone is 11. The molecule has 0 aromatic heterocycles. The molecule has 1 amide bonds. The zero-order valence-electron chi connectivity index (χ0n) is 45.1. The third-order valence-electron chi connectivity index (χ3n) is 13.1. The monoisotopic (exact) mass is 1000 g/mol. The Morgan fingerprint density at radius 3 is 1.55 bits per heavy atom. The zero-order chi connectivity index (χ0) is 51.8. The summed E-state index contributed by atoms with van der Waals surface area (Å²) in [5.41, 5.74) is 0. The number of hydrogen-bond acceptors (Lipinski definition) is 10. The molecule has 0 saturated carbocycles. The van der Waals surface area contributed by atoms with E-state index in [1.54, 1.807) is 6.08 Å². The quantitative estimate of drug-likeness (QED) is 0.0196. The molecular formula is C60H105NO10. The predicted octanol–water partition coefficient (Wildman–Crippen LogP) is 12.8. The highest BCUT2D eigenvalue weighted by atomic mass is 16.7. The van der Waals surface area contributed by atoms with Crippen LogP contribution in [0.5, 0.6) is 0 Å². The van der Waals surface area contributed by atoms with E-state index in [0.29, 0.717) is 12.8 Å². The highest BCUT2D eigenvalue weighted by Crippen LogP contribution is 2.26. The lowest BCUT2D eigenvalue weighted by molar-refractivity contribution is -0.305. The van der Waals surface area contributed by atoms with Crippen LogP contribution in [0.3, 0.4) is 0 Å². The molecule has 1 heterocycles. The maximum Gasteiger partial charge on any atom is 0.306 e. The first kappa shape index (κ1) is 66.1. The minimum Gasteiger partial charge on any atom is -0.454 e. The van der Waals surface area contributed by atoms with Crippen molar-refractivity contribution in [1.82, 2.24) is 5.32 Å². The number of aliphatic hydroxyl groups excluding tert-OH is 5. The summed E-state index contributed by atoms with van der Waals surface area (Å²) in [5.74, 6) is -1.23. The lowest BCUT2D eigenvalue weighted by Gasteiger charge is -2.41. The van der Waals surface area contributed by atoms with Crippen LogP contribution in [0.2, 0.25) is 0 Å². The summed E-state index contributed by atoms with van der Waals surface area (Å²) in [7, 11) is 0. The molecule has 0 aliphatic carbocycles. The molecule has 8 unspecified atom stereocenters. The predicted molar refractivity (Wildman–Crippen MR) is 292 cm³/mol. The molecular weight excluding hydrogens is 895 g/mol. The summed E-state index contributed by atoms with van der Waals surface area (Å²) >= 11 is 0. The van der Waals surface area contributed by atoms with Crippen molar-refractivity contribution < 1.29 is 49.3 Å². The Hall–Kier alpha value is -2.90. The van der Waals surface area contributed by atoms with E-state index >= 15 is 0 Å². The van der Waals surface area contributed by atoms with Gasteiger partial charge in [0.1, 0.15) is 24.4 Å². The molecule has 11 heteroatoms. The molecule has 0 radical (unpaired) electrons. The van der Waals surface area contributed by atoms with Crippen molar-refractivity contribution in [2.45, 2.75) is 282 Å². The SMILES string of the molecule is CC/C=C/C/C=C/C/C=C/CCCCCCC(=O)OC1C(OCC(NC(=O)C(O)CCCCCCCC/C=C\C/C=C\CCCCC)C(O)/C=C/CCCCCCCCCCCC)OC(CO)C(O)C1O. The molecule has 0 aromatic rings. The number of carbonyl (C=O) groups excluding carboxylic acids is 2. The maximum absolute atomic E-state index is 13.4. The molecule has 11 nitrogen and oxygen atoms in total. The number of unbranched alkanes of at least 4 members (excludes halogenated alkanes) is 23. The zero-order valence-corrected chi connectivity index (χ0v) is 45.1. The van der Waals surface area contributed by atoms with Crippen molar-refractivity contribution >= 4 is 11.9 Å². The van der Waals surface area contributed by atoms with Crippen LogP contribution in [0.1, 0.15) is 233 Å². The third-order valence-corrected chi connectivity index (χ3v) is 13.1. The van der Waals surface area contributed by atoms with Gasteiger partial charge < -0.3 is 45.1 Å². The maximum atomic E-state index is 13.4. The fraction of sp³-hybridized carbons (Fsp3) is 0.767.